The van der Waals surface area contributed by atoms with Crippen LogP contribution in [0.15, 0.2) is 42.5 Å². The number of hydrogen-bond donors (Lipinski definition) is 2. The zero-order valence-electron chi connectivity index (χ0n) is 13.2. The maximum absolute atomic E-state index is 11.8. The lowest BCUT2D eigenvalue weighted by atomic mass is 10.1. The van der Waals surface area contributed by atoms with Crippen molar-refractivity contribution in [2.24, 2.45) is 0 Å². The summed E-state index contributed by atoms with van der Waals surface area (Å²) in [7, 11) is 0. The van der Waals surface area contributed by atoms with E-state index in [9.17, 15) is 9.59 Å². The maximum atomic E-state index is 11.8. The van der Waals surface area contributed by atoms with E-state index >= 15 is 0 Å². The molecule has 0 saturated carbocycles. The van der Waals surface area contributed by atoms with Crippen molar-refractivity contribution >= 4 is 35.0 Å². The molecular weight excluding hydrogens is 347 g/mol. The number of benzene rings is 2. The van der Waals surface area contributed by atoms with Crippen molar-refractivity contribution in [3.05, 3.63) is 69.2 Å². The van der Waals surface area contributed by atoms with Gasteiger partial charge in [0, 0.05) is 23.1 Å². The van der Waals surface area contributed by atoms with Crippen LogP contribution in [0.1, 0.15) is 16.7 Å². The third-order valence-electron chi connectivity index (χ3n) is 3.44. The monoisotopic (exact) mass is 364 g/mol. The van der Waals surface area contributed by atoms with Gasteiger partial charge in [0.1, 0.15) is 0 Å². The van der Waals surface area contributed by atoms with Gasteiger partial charge in [0.25, 0.3) is 0 Å². The molecule has 4 nitrogen and oxygen atoms in total. The van der Waals surface area contributed by atoms with E-state index in [0.717, 1.165) is 16.7 Å². The third-order valence-corrected chi connectivity index (χ3v) is 4.02. The fourth-order valence-electron chi connectivity index (χ4n) is 2.20. The van der Waals surface area contributed by atoms with Crippen LogP contribution in [0.2, 0.25) is 10.0 Å². The number of hydrogen-bond acceptors (Lipinski definition) is 2. The van der Waals surface area contributed by atoms with Crippen LogP contribution in [0.25, 0.3) is 0 Å². The number of carbonyl (C=O) groups is 2. The van der Waals surface area contributed by atoms with Gasteiger partial charge in [-0.25, -0.2) is 0 Å². The molecule has 24 heavy (non-hydrogen) atoms. The van der Waals surface area contributed by atoms with Crippen molar-refractivity contribution in [3.63, 3.8) is 0 Å². The van der Waals surface area contributed by atoms with Gasteiger partial charge in [0.05, 0.1) is 0 Å². The minimum Gasteiger partial charge on any atom is -0.348 e. The van der Waals surface area contributed by atoms with Gasteiger partial charge in [-0.05, 0) is 36.6 Å². The minimum absolute atomic E-state index is 0.316. The van der Waals surface area contributed by atoms with Gasteiger partial charge < -0.3 is 10.6 Å². The topological polar surface area (TPSA) is 58.2 Å². The molecule has 2 amide bonds. The molecule has 0 saturated heterocycles. The van der Waals surface area contributed by atoms with Crippen LogP contribution in [0.4, 0.5) is 0 Å². The van der Waals surface area contributed by atoms with E-state index in [1.807, 2.05) is 31.2 Å². The second kappa shape index (κ2) is 8.71. The zero-order chi connectivity index (χ0) is 17.5. The molecule has 0 fully saturated rings. The summed E-state index contributed by atoms with van der Waals surface area (Å²) in [6.07, 6.45) is 0.521. The van der Waals surface area contributed by atoms with Crippen LogP contribution >= 0.6 is 23.2 Å². The average molecular weight is 365 g/mol. The van der Waals surface area contributed by atoms with Crippen molar-refractivity contribution < 1.29 is 9.59 Å². The molecule has 0 unspecified atom stereocenters. The van der Waals surface area contributed by atoms with E-state index < -0.39 is 11.8 Å². The molecule has 2 aromatic rings. The summed E-state index contributed by atoms with van der Waals surface area (Å²) in [6, 6.07) is 12.9. The molecule has 0 heterocycles. The zero-order valence-corrected chi connectivity index (χ0v) is 14.7. The molecule has 0 bridgehead atoms. The summed E-state index contributed by atoms with van der Waals surface area (Å²) in [5, 5.41) is 6.28. The minimum atomic E-state index is -0.660. The smallest absolute Gasteiger partial charge is 0.309 e. The first-order valence-electron chi connectivity index (χ1n) is 7.51. The van der Waals surface area contributed by atoms with Crippen LogP contribution in [0.5, 0.6) is 0 Å². The lowest BCUT2D eigenvalue weighted by molar-refractivity contribution is -0.139. The fourth-order valence-corrected chi connectivity index (χ4v) is 2.70. The standard InChI is InChI=1S/C18H18Cl2N2O2/c1-12-3-2-4-13(9-12)11-22-18(24)17(23)21-8-7-14-5-6-15(19)10-16(14)20/h2-6,9-10H,7-8,11H2,1H3,(H,21,23)(H,22,24). The molecular formula is C18H18Cl2N2O2. The number of nitrogens with one attached hydrogen (secondary N) is 2. The SMILES string of the molecule is Cc1cccc(CNC(=O)C(=O)NCCc2ccc(Cl)cc2Cl)c1. The van der Waals surface area contributed by atoms with E-state index in [1.165, 1.54) is 0 Å². The highest BCUT2D eigenvalue weighted by Crippen LogP contribution is 2.20. The molecule has 0 atom stereocenters. The predicted molar refractivity (Wildman–Crippen MR) is 96.2 cm³/mol. The van der Waals surface area contributed by atoms with Crippen molar-refractivity contribution in [2.45, 2.75) is 19.9 Å². The molecule has 2 aromatic carbocycles. The summed E-state index contributed by atoms with van der Waals surface area (Å²) in [4.78, 5) is 23.6. The molecule has 0 aliphatic heterocycles. The number of rotatable bonds is 5. The Morgan fingerprint density at radius 1 is 1.00 bits per heavy atom. The summed E-state index contributed by atoms with van der Waals surface area (Å²) in [6.45, 7) is 2.61. The summed E-state index contributed by atoms with van der Waals surface area (Å²) in [5.74, 6) is -1.31. The lowest BCUT2D eigenvalue weighted by Gasteiger charge is -2.08. The number of halogens is 2. The second-order valence-electron chi connectivity index (χ2n) is 5.41. The molecule has 2 N–H and O–H groups in total. The normalized spacial score (nSPS) is 10.3. The highest BCUT2D eigenvalue weighted by atomic mass is 35.5. The van der Waals surface area contributed by atoms with Gasteiger partial charge in [-0.15, -0.1) is 0 Å². The van der Waals surface area contributed by atoms with Crippen LogP contribution in [0, 0.1) is 6.92 Å². The van der Waals surface area contributed by atoms with E-state index in [0.29, 0.717) is 29.6 Å². The van der Waals surface area contributed by atoms with Gasteiger partial charge in [-0.3, -0.25) is 9.59 Å². The highest BCUT2D eigenvalue weighted by Gasteiger charge is 2.12. The Morgan fingerprint density at radius 2 is 1.75 bits per heavy atom. The molecule has 0 aromatic heterocycles. The van der Waals surface area contributed by atoms with E-state index in [4.69, 9.17) is 23.2 Å². The maximum Gasteiger partial charge on any atom is 0.309 e. The molecule has 126 valence electrons. The van der Waals surface area contributed by atoms with Crippen molar-refractivity contribution in [3.8, 4) is 0 Å². The summed E-state index contributed by atoms with van der Waals surface area (Å²) >= 11 is 11.9. The fraction of sp³-hybridized carbons (Fsp3) is 0.222. The highest BCUT2D eigenvalue weighted by molar-refractivity contribution is 6.35. The van der Waals surface area contributed by atoms with E-state index in [1.54, 1.807) is 18.2 Å². The first kappa shape index (κ1) is 18.3. The number of carbonyl (C=O) groups excluding carboxylic acids is 2. The predicted octanol–water partition coefficient (Wildman–Crippen LogP) is 3.28. The Labute approximate surface area is 151 Å². The van der Waals surface area contributed by atoms with Crippen LogP contribution in [-0.2, 0) is 22.6 Å². The van der Waals surface area contributed by atoms with Crippen LogP contribution < -0.4 is 10.6 Å². The Hall–Kier alpha value is -2.04. The van der Waals surface area contributed by atoms with Crippen molar-refractivity contribution in [2.75, 3.05) is 6.54 Å². The van der Waals surface area contributed by atoms with Gasteiger partial charge in [-0.2, -0.15) is 0 Å². The van der Waals surface area contributed by atoms with E-state index in [2.05, 4.69) is 10.6 Å². The lowest BCUT2D eigenvalue weighted by Crippen LogP contribution is -2.40. The molecule has 0 aliphatic carbocycles. The first-order chi connectivity index (χ1) is 11.5. The Morgan fingerprint density at radius 3 is 2.46 bits per heavy atom. The Bertz CT molecular complexity index is 748. The molecule has 6 heteroatoms. The van der Waals surface area contributed by atoms with Crippen LogP contribution in [-0.4, -0.2) is 18.4 Å². The van der Waals surface area contributed by atoms with Gasteiger partial charge in [-0.1, -0.05) is 59.1 Å². The van der Waals surface area contributed by atoms with Crippen LogP contribution in [0.3, 0.4) is 0 Å². The molecule has 0 spiro atoms. The van der Waals surface area contributed by atoms with Gasteiger partial charge >= 0.3 is 11.8 Å². The largest absolute Gasteiger partial charge is 0.348 e. The first-order valence-corrected chi connectivity index (χ1v) is 8.27. The van der Waals surface area contributed by atoms with Gasteiger partial charge in [0.15, 0.2) is 0 Å². The average Bonchev–Trinajstić information content (AvgIpc) is 2.54. The van der Waals surface area contributed by atoms with E-state index in [-0.39, 0.29) is 0 Å². The molecule has 2 rings (SSSR count). The quantitative estimate of drug-likeness (QED) is 0.799. The molecule has 0 aliphatic rings. The van der Waals surface area contributed by atoms with Gasteiger partial charge in [0.2, 0.25) is 0 Å². The summed E-state index contributed by atoms with van der Waals surface area (Å²) < 4.78 is 0. The second-order valence-corrected chi connectivity index (χ2v) is 6.26. The third kappa shape index (κ3) is 5.55. The number of amides is 2. The Balaban J connectivity index is 1.76. The molecule has 0 radical (unpaired) electrons. The number of aryl methyl sites for hydroxylation is 1. The summed E-state index contributed by atoms with van der Waals surface area (Å²) in [5.41, 5.74) is 2.91. The Kier molecular flexibility index (Phi) is 6.64. The van der Waals surface area contributed by atoms with Crippen molar-refractivity contribution in [1.29, 1.82) is 0 Å². The van der Waals surface area contributed by atoms with Crippen molar-refractivity contribution in [1.82, 2.24) is 10.6 Å².